The van der Waals surface area contributed by atoms with E-state index in [1.165, 1.54) is 13.8 Å². The van der Waals surface area contributed by atoms with Gasteiger partial charge in [0, 0.05) is 28.4 Å². The Hall–Kier alpha value is -3.61. The smallest absolute Gasteiger partial charge is 0.329 e. The minimum atomic E-state index is -0.979. The molecular formula is C21H21N3O4. The Morgan fingerprint density at radius 1 is 0.964 bits per heavy atom. The quantitative estimate of drug-likeness (QED) is 0.451. The molecule has 0 unspecified atom stereocenters. The Balaban J connectivity index is 1.57. The van der Waals surface area contributed by atoms with Gasteiger partial charge >= 0.3 is 12.0 Å². The van der Waals surface area contributed by atoms with Gasteiger partial charge in [-0.1, -0.05) is 36.4 Å². The van der Waals surface area contributed by atoms with Crippen molar-refractivity contribution in [2.45, 2.75) is 26.0 Å². The standard InChI is InChI=1S/C21H21N3O4/c1-13(23-21(27)24-15-8-4-3-5-9-15)20(26)28-14(2)19(25)17-12-22-18-11-7-6-10-16(17)18/h3-14,22H,1-2H3,(H2,23,24,27)/t13-,14+/m0/s1. The number of ketones is 1. The van der Waals surface area contributed by atoms with E-state index in [2.05, 4.69) is 15.6 Å². The maximum atomic E-state index is 12.6. The first-order valence-electron chi connectivity index (χ1n) is 8.89. The summed E-state index contributed by atoms with van der Waals surface area (Å²) in [6.07, 6.45) is 0.625. The highest BCUT2D eigenvalue weighted by Gasteiger charge is 2.25. The molecule has 1 aromatic heterocycles. The summed E-state index contributed by atoms with van der Waals surface area (Å²) in [6, 6.07) is 14.8. The summed E-state index contributed by atoms with van der Waals surface area (Å²) in [6.45, 7) is 3.01. The number of H-pyrrole nitrogens is 1. The lowest BCUT2D eigenvalue weighted by Gasteiger charge is -2.17. The number of hydrogen-bond acceptors (Lipinski definition) is 4. The summed E-state index contributed by atoms with van der Waals surface area (Å²) in [5.41, 5.74) is 1.89. The lowest BCUT2D eigenvalue weighted by molar-refractivity contribution is -0.148. The highest BCUT2D eigenvalue weighted by atomic mass is 16.5. The maximum Gasteiger partial charge on any atom is 0.329 e. The molecule has 3 rings (SSSR count). The van der Waals surface area contributed by atoms with Crippen LogP contribution in [0.3, 0.4) is 0 Å². The number of carbonyl (C=O) groups is 3. The zero-order chi connectivity index (χ0) is 20.1. The average Bonchev–Trinajstić information content (AvgIpc) is 3.12. The van der Waals surface area contributed by atoms with Crippen molar-refractivity contribution in [3.05, 3.63) is 66.4 Å². The lowest BCUT2D eigenvalue weighted by Crippen LogP contribution is -2.43. The van der Waals surface area contributed by atoms with Crippen molar-refractivity contribution >= 4 is 34.4 Å². The van der Waals surface area contributed by atoms with E-state index in [9.17, 15) is 14.4 Å². The molecule has 144 valence electrons. The van der Waals surface area contributed by atoms with E-state index in [1.807, 2.05) is 30.3 Å². The molecule has 7 nitrogen and oxygen atoms in total. The Labute approximate surface area is 162 Å². The lowest BCUT2D eigenvalue weighted by atomic mass is 10.1. The molecule has 0 aliphatic carbocycles. The number of urea groups is 1. The van der Waals surface area contributed by atoms with Crippen molar-refractivity contribution in [3.63, 3.8) is 0 Å². The normalized spacial score (nSPS) is 12.8. The molecule has 0 radical (unpaired) electrons. The van der Waals surface area contributed by atoms with Gasteiger partial charge in [-0.3, -0.25) is 4.79 Å². The Morgan fingerprint density at radius 2 is 1.64 bits per heavy atom. The van der Waals surface area contributed by atoms with Crippen LogP contribution in [0, 0.1) is 0 Å². The predicted octanol–water partition coefficient (Wildman–Crippen LogP) is 3.49. The minimum absolute atomic E-state index is 0.313. The van der Waals surface area contributed by atoms with Crippen molar-refractivity contribution in [1.29, 1.82) is 0 Å². The van der Waals surface area contributed by atoms with E-state index in [1.54, 1.807) is 30.5 Å². The van der Waals surface area contributed by atoms with Crippen LogP contribution in [0.2, 0.25) is 0 Å². The second-order valence-electron chi connectivity index (χ2n) is 6.38. The van der Waals surface area contributed by atoms with Gasteiger partial charge in [0.2, 0.25) is 5.78 Å². The first kappa shape index (κ1) is 19.2. The number of Topliss-reactive ketones (excluding diaryl/α,β-unsaturated/α-hetero) is 1. The molecule has 3 aromatic rings. The Morgan fingerprint density at radius 3 is 2.39 bits per heavy atom. The third-order valence-electron chi connectivity index (χ3n) is 4.25. The molecule has 0 aliphatic rings. The average molecular weight is 379 g/mol. The number of carbonyl (C=O) groups excluding carboxylic acids is 3. The fourth-order valence-corrected chi connectivity index (χ4v) is 2.77. The van der Waals surface area contributed by atoms with Gasteiger partial charge in [-0.05, 0) is 32.0 Å². The number of benzene rings is 2. The van der Waals surface area contributed by atoms with Crippen LogP contribution in [0.4, 0.5) is 10.5 Å². The molecule has 0 bridgehead atoms. The number of nitrogens with one attached hydrogen (secondary N) is 3. The molecular weight excluding hydrogens is 358 g/mol. The molecule has 0 fully saturated rings. The SMILES string of the molecule is C[C@H](NC(=O)Nc1ccccc1)C(=O)O[C@H](C)C(=O)c1c[nH]c2ccccc12. The Bertz CT molecular complexity index is 997. The van der Waals surface area contributed by atoms with Crippen LogP contribution in [0.1, 0.15) is 24.2 Å². The molecule has 0 spiro atoms. The largest absolute Gasteiger partial charge is 0.453 e. The monoisotopic (exact) mass is 379 g/mol. The number of esters is 1. The van der Waals surface area contributed by atoms with E-state index < -0.39 is 24.1 Å². The molecule has 0 saturated heterocycles. The van der Waals surface area contributed by atoms with Gasteiger partial charge < -0.3 is 20.4 Å². The van der Waals surface area contributed by atoms with E-state index >= 15 is 0 Å². The number of amides is 2. The van der Waals surface area contributed by atoms with Gasteiger partial charge in [0.15, 0.2) is 6.10 Å². The van der Waals surface area contributed by atoms with Crippen molar-refractivity contribution in [2.24, 2.45) is 0 Å². The molecule has 3 N–H and O–H groups in total. The van der Waals surface area contributed by atoms with Crippen LogP contribution in [-0.2, 0) is 9.53 Å². The summed E-state index contributed by atoms with van der Waals surface area (Å²) in [5.74, 6) is -1.00. The van der Waals surface area contributed by atoms with Crippen molar-refractivity contribution in [2.75, 3.05) is 5.32 Å². The second-order valence-corrected chi connectivity index (χ2v) is 6.38. The summed E-state index contributed by atoms with van der Waals surface area (Å²) < 4.78 is 5.25. The fraction of sp³-hybridized carbons (Fsp3) is 0.190. The third kappa shape index (κ3) is 4.37. The number of aromatic nitrogens is 1. The zero-order valence-electron chi connectivity index (χ0n) is 15.6. The van der Waals surface area contributed by atoms with E-state index in [0.717, 1.165) is 10.9 Å². The fourth-order valence-electron chi connectivity index (χ4n) is 2.77. The molecule has 0 saturated carbocycles. The second kappa shape index (κ2) is 8.39. The zero-order valence-corrected chi connectivity index (χ0v) is 15.6. The highest BCUT2D eigenvalue weighted by Crippen LogP contribution is 2.20. The van der Waals surface area contributed by atoms with Crippen LogP contribution >= 0.6 is 0 Å². The van der Waals surface area contributed by atoms with Crippen LogP contribution < -0.4 is 10.6 Å². The van der Waals surface area contributed by atoms with Crippen molar-refractivity contribution < 1.29 is 19.1 Å². The van der Waals surface area contributed by atoms with Crippen molar-refractivity contribution in [3.8, 4) is 0 Å². The maximum absolute atomic E-state index is 12.6. The first-order chi connectivity index (χ1) is 13.5. The number of rotatable bonds is 6. The molecule has 28 heavy (non-hydrogen) atoms. The predicted molar refractivity (Wildman–Crippen MR) is 106 cm³/mol. The summed E-state index contributed by atoms with van der Waals surface area (Å²) >= 11 is 0. The number of para-hydroxylation sites is 2. The molecule has 2 atom stereocenters. The van der Waals surface area contributed by atoms with E-state index in [-0.39, 0.29) is 5.78 Å². The highest BCUT2D eigenvalue weighted by molar-refractivity contribution is 6.10. The number of aromatic amines is 1. The van der Waals surface area contributed by atoms with Gasteiger partial charge in [0.05, 0.1) is 0 Å². The summed E-state index contributed by atoms with van der Waals surface area (Å²) in [7, 11) is 0. The summed E-state index contributed by atoms with van der Waals surface area (Å²) in [4.78, 5) is 39.9. The summed E-state index contributed by atoms with van der Waals surface area (Å²) in [5, 5.41) is 5.88. The number of hydrogen-bond donors (Lipinski definition) is 3. The number of fused-ring (bicyclic) bond motifs is 1. The molecule has 7 heteroatoms. The van der Waals surface area contributed by atoms with Crippen LogP contribution in [0.15, 0.2) is 60.8 Å². The van der Waals surface area contributed by atoms with Crippen LogP contribution in [-0.4, -0.2) is 34.9 Å². The minimum Gasteiger partial charge on any atom is -0.453 e. The molecule has 2 amide bonds. The molecule has 0 aliphatic heterocycles. The van der Waals surface area contributed by atoms with Crippen LogP contribution in [0.5, 0.6) is 0 Å². The van der Waals surface area contributed by atoms with Gasteiger partial charge in [0.25, 0.3) is 0 Å². The topological polar surface area (TPSA) is 100 Å². The third-order valence-corrected chi connectivity index (χ3v) is 4.25. The van der Waals surface area contributed by atoms with E-state index in [0.29, 0.717) is 11.3 Å². The van der Waals surface area contributed by atoms with Gasteiger partial charge in [-0.2, -0.15) is 0 Å². The van der Waals surface area contributed by atoms with Gasteiger partial charge in [-0.15, -0.1) is 0 Å². The Kier molecular flexibility index (Phi) is 5.74. The number of ether oxygens (including phenoxy) is 1. The first-order valence-corrected chi connectivity index (χ1v) is 8.89. The van der Waals surface area contributed by atoms with Gasteiger partial charge in [-0.25, -0.2) is 9.59 Å². The number of anilines is 1. The van der Waals surface area contributed by atoms with Crippen molar-refractivity contribution in [1.82, 2.24) is 10.3 Å². The molecule has 1 heterocycles. The van der Waals surface area contributed by atoms with Crippen LogP contribution in [0.25, 0.3) is 10.9 Å². The van der Waals surface area contributed by atoms with Gasteiger partial charge in [0.1, 0.15) is 6.04 Å². The molecule has 2 aromatic carbocycles. The van der Waals surface area contributed by atoms with E-state index in [4.69, 9.17) is 4.74 Å².